The number of rotatable bonds is 5. The van der Waals surface area contributed by atoms with Gasteiger partial charge in [0, 0.05) is 15.8 Å². The van der Waals surface area contributed by atoms with E-state index in [-0.39, 0.29) is 10.6 Å². The maximum atomic E-state index is 11.1. The summed E-state index contributed by atoms with van der Waals surface area (Å²) in [5, 5.41) is 18.8. The molecule has 0 radical (unpaired) electrons. The van der Waals surface area contributed by atoms with Crippen molar-refractivity contribution in [2.45, 2.75) is 38.3 Å². The topological polar surface area (TPSA) is 73.0 Å². The van der Waals surface area contributed by atoms with Crippen molar-refractivity contribution in [3.63, 3.8) is 0 Å². The van der Waals surface area contributed by atoms with Crippen molar-refractivity contribution >= 4 is 34.0 Å². The molecule has 6 nitrogen and oxygen atoms in total. The lowest BCUT2D eigenvalue weighted by Gasteiger charge is -2.09. The van der Waals surface area contributed by atoms with Crippen molar-refractivity contribution < 1.29 is 4.92 Å². The highest BCUT2D eigenvalue weighted by atomic mass is 127. The van der Waals surface area contributed by atoms with Crippen LogP contribution in [0.25, 0.3) is 0 Å². The zero-order valence-electron chi connectivity index (χ0n) is 12.0. The van der Waals surface area contributed by atoms with E-state index in [0.29, 0.717) is 18.3 Å². The molecule has 0 aliphatic heterocycles. The van der Waals surface area contributed by atoms with E-state index in [1.54, 1.807) is 12.1 Å². The zero-order valence-corrected chi connectivity index (χ0v) is 14.2. The quantitative estimate of drug-likeness (QED) is 0.456. The molecule has 0 spiro atoms. The molecule has 1 aliphatic carbocycles. The van der Waals surface area contributed by atoms with Gasteiger partial charge in [0.15, 0.2) is 0 Å². The first-order chi connectivity index (χ1) is 10.6. The summed E-state index contributed by atoms with van der Waals surface area (Å²) < 4.78 is 2.88. The van der Waals surface area contributed by atoms with Crippen LogP contribution in [-0.4, -0.2) is 14.7 Å². The van der Waals surface area contributed by atoms with Gasteiger partial charge in [-0.05, 0) is 53.6 Å². The van der Waals surface area contributed by atoms with Crippen LogP contribution in [0.3, 0.4) is 0 Å². The molecule has 1 aromatic carbocycles. The lowest BCUT2D eigenvalue weighted by atomic mass is 10.2. The maximum Gasteiger partial charge on any atom is 0.293 e. The number of halogens is 1. The van der Waals surface area contributed by atoms with Gasteiger partial charge >= 0.3 is 0 Å². The summed E-state index contributed by atoms with van der Waals surface area (Å²) in [5.41, 5.74) is 1.53. The molecule has 3 rings (SSSR count). The molecule has 1 aliphatic rings. The molecule has 0 amide bonds. The summed E-state index contributed by atoms with van der Waals surface area (Å²) >= 11 is 2.07. The van der Waals surface area contributed by atoms with Crippen molar-refractivity contribution in [3.05, 3.63) is 49.8 Å². The normalized spacial score (nSPS) is 15.1. The van der Waals surface area contributed by atoms with E-state index >= 15 is 0 Å². The Morgan fingerprint density at radius 1 is 1.36 bits per heavy atom. The lowest BCUT2D eigenvalue weighted by Crippen LogP contribution is -2.07. The molecule has 1 aromatic heterocycles. The fraction of sp³-hybridized carbons (Fsp3) is 0.400. The summed E-state index contributed by atoms with van der Waals surface area (Å²) in [6.07, 6.45) is 6.93. The van der Waals surface area contributed by atoms with E-state index in [4.69, 9.17) is 0 Å². The Bertz CT molecular complexity index is 680. The molecule has 1 saturated carbocycles. The van der Waals surface area contributed by atoms with Crippen LogP contribution in [0.5, 0.6) is 0 Å². The average Bonchev–Trinajstić information content (AvgIpc) is 3.16. The minimum Gasteiger partial charge on any atom is -0.374 e. The SMILES string of the molecule is O=[N+]([O-])c1cc(I)ccc1NCc1ccn(C2CCCC2)n1. The van der Waals surface area contributed by atoms with E-state index in [0.717, 1.165) is 9.26 Å². The van der Waals surface area contributed by atoms with Crippen molar-refractivity contribution in [2.75, 3.05) is 5.32 Å². The number of anilines is 1. The molecule has 7 heteroatoms. The number of nitrogens with zero attached hydrogens (tertiary/aromatic N) is 3. The third-order valence-electron chi connectivity index (χ3n) is 3.98. The highest BCUT2D eigenvalue weighted by molar-refractivity contribution is 14.1. The van der Waals surface area contributed by atoms with Gasteiger partial charge in [0.05, 0.1) is 23.2 Å². The van der Waals surface area contributed by atoms with Crippen molar-refractivity contribution in [1.29, 1.82) is 0 Å². The van der Waals surface area contributed by atoms with Crippen LogP contribution >= 0.6 is 22.6 Å². The molecule has 0 bridgehead atoms. The molecule has 0 saturated heterocycles. The number of benzene rings is 1. The summed E-state index contributed by atoms with van der Waals surface area (Å²) in [4.78, 5) is 10.7. The first kappa shape index (κ1) is 15.3. The second kappa shape index (κ2) is 6.64. The molecule has 116 valence electrons. The lowest BCUT2D eigenvalue weighted by molar-refractivity contribution is -0.384. The van der Waals surface area contributed by atoms with E-state index in [1.807, 2.05) is 23.0 Å². The predicted octanol–water partition coefficient (Wildman–Crippen LogP) is 4.12. The van der Waals surface area contributed by atoms with E-state index in [9.17, 15) is 10.1 Å². The van der Waals surface area contributed by atoms with Crippen LogP contribution in [-0.2, 0) is 6.54 Å². The van der Waals surface area contributed by atoms with Crippen LogP contribution in [0.1, 0.15) is 37.4 Å². The molecule has 1 heterocycles. The van der Waals surface area contributed by atoms with Crippen molar-refractivity contribution in [3.8, 4) is 0 Å². The van der Waals surface area contributed by atoms with Gasteiger partial charge < -0.3 is 5.32 Å². The Labute approximate surface area is 142 Å². The van der Waals surface area contributed by atoms with Crippen molar-refractivity contribution in [1.82, 2.24) is 9.78 Å². The Hall–Kier alpha value is -1.64. The molecule has 2 aromatic rings. The molecule has 0 unspecified atom stereocenters. The van der Waals surface area contributed by atoms with Gasteiger partial charge in [0.2, 0.25) is 0 Å². The summed E-state index contributed by atoms with van der Waals surface area (Å²) in [5.74, 6) is 0. The third kappa shape index (κ3) is 3.40. The van der Waals surface area contributed by atoms with Crippen LogP contribution < -0.4 is 5.32 Å². The maximum absolute atomic E-state index is 11.1. The first-order valence-corrected chi connectivity index (χ1v) is 8.43. The minimum atomic E-state index is -0.360. The Morgan fingerprint density at radius 2 is 2.14 bits per heavy atom. The van der Waals surface area contributed by atoms with Gasteiger partial charge in [0.25, 0.3) is 5.69 Å². The smallest absolute Gasteiger partial charge is 0.293 e. The standard InChI is InChI=1S/C15H17IN4O2/c16-11-5-6-14(15(9-11)20(21)22)17-10-12-7-8-19(18-12)13-3-1-2-4-13/h5-9,13,17H,1-4,10H2. The van der Waals surface area contributed by atoms with Crippen LogP contribution in [0.15, 0.2) is 30.5 Å². The van der Waals surface area contributed by atoms with Gasteiger partial charge in [-0.3, -0.25) is 14.8 Å². The van der Waals surface area contributed by atoms with Gasteiger partial charge in [-0.1, -0.05) is 12.8 Å². The second-order valence-corrected chi connectivity index (χ2v) is 6.74. The highest BCUT2D eigenvalue weighted by Crippen LogP contribution is 2.29. The summed E-state index contributed by atoms with van der Waals surface area (Å²) in [6, 6.07) is 7.66. The van der Waals surface area contributed by atoms with Crippen molar-refractivity contribution in [2.24, 2.45) is 0 Å². The molecular weight excluding hydrogens is 395 g/mol. The fourth-order valence-corrected chi connectivity index (χ4v) is 3.31. The van der Waals surface area contributed by atoms with Gasteiger partial charge in [0.1, 0.15) is 5.69 Å². The zero-order chi connectivity index (χ0) is 15.5. The average molecular weight is 412 g/mol. The van der Waals surface area contributed by atoms with E-state index < -0.39 is 0 Å². The highest BCUT2D eigenvalue weighted by Gasteiger charge is 2.18. The Balaban J connectivity index is 1.69. The van der Waals surface area contributed by atoms with Crippen LogP contribution in [0.4, 0.5) is 11.4 Å². The van der Waals surface area contributed by atoms with Gasteiger partial charge in [-0.25, -0.2) is 0 Å². The van der Waals surface area contributed by atoms with Crippen LogP contribution in [0.2, 0.25) is 0 Å². The van der Waals surface area contributed by atoms with Gasteiger partial charge in [-0.2, -0.15) is 5.10 Å². The molecule has 0 atom stereocenters. The monoisotopic (exact) mass is 412 g/mol. The molecule has 22 heavy (non-hydrogen) atoms. The van der Waals surface area contributed by atoms with E-state index in [1.165, 1.54) is 25.7 Å². The number of nitro benzene ring substituents is 1. The molecule has 1 fully saturated rings. The Morgan fingerprint density at radius 3 is 2.86 bits per heavy atom. The molecular formula is C15H17IN4O2. The number of nitrogens with one attached hydrogen (secondary N) is 1. The predicted molar refractivity (Wildman–Crippen MR) is 92.9 cm³/mol. The number of nitro groups is 1. The fourth-order valence-electron chi connectivity index (χ4n) is 2.83. The number of hydrogen-bond donors (Lipinski definition) is 1. The summed E-state index contributed by atoms with van der Waals surface area (Å²) in [6.45, 7) is 0.487. The minimum absolute atomic E-state index is 0.0992. The number of aromatic nitrogens is 2. The van der Waals surface area contributed by atoms with Gasteiger partial charge in [-0.15, -0.1) is 0 Å². The third-order valence-corrected chi connectivity index (χ3v) is 4.65. The van der Waals surface area contributed by atoms with Crippen LogP contribution in [0, 0.1) is 13.7 Å². The number of hydrogen-bond acceptors (Lipinski definition) is 4. The van der Waals surface area contributed by atoms with E-state index in [2.05, 4.69) is 33.0 Å². The molecule has 1 N–H and O–H groups in total. The Kier molecular flexibility index (Phi) is 4.60. The first-order valence-electron chi connectivity index (χ1n) is 7.35. The largest absolute Gasteiger partial charge is 0.374 e. The summed E-state index contributed by atoms with van der Waals surface area (Å²) in [7, 11) is 0. The second-order valence-electron chi connectivity index (χ2n) is 5.50.